The van der Waals surface area contributed by atoms with Crippen LogP contribution in [-0.2, 0) is 6.42 Å². The molecular formula is C25H40N6S. The fourth-order valence-corrected chi connectivity index (χ4v) is 5.73. The second kappa shape index (κ2) is 9.79. The van der Waals surface area contributed by atoms with Gasteiger partial charge in [-0.1, -0.05) is 25.1 Å². The molecule has 32 heavy (non-hydrogen) atoms. The summed E-state index contributed by atoms with van der Waals surface area (Å²) in [6.07, 6.45) is 2.67. The molecule has 1 saturated heterocycles. The standard InChI is InChI=1S/C25H40N6S/c1-9-17-12-18(21(15(2)26)16(3)27)10-11-20(17)22(28)32-23(29)31(8)19-13-24(4,5)30-25(6,7)14-19/h10-12,19,26,28-30H,9,13-14,27H2,1-8H3/b21-16+,26-15?,28-22?,29-23?. The molecule has 1 aromatic rings. The number of piperidine rings is 1. The summed E-state index contributed by atoms with van der Waals surface area (Å²) < 4.78 is 0. The molecule has 176 valence electrons. The van der Waals surface area contributed by atoms with E-state index in [0.29, 0.717) is 21.6 Å². The van der Waals surface area contributed by atoms with Gasteiger partial charge in [0.05, 0.1) is 0 Å². The third-order valence-corrected chi connectivity index (χ3v) is 6.93. The lowest BCUT2D eigenvalue weighted by Gasteiger charge is -2.49. The largest absolute Gasteiger partial charge is 0.402 e. The van der Waals surface area contributed by atoms with E-state index < -0.39 is 0 Å². The molecule has 0 bridgehead atoms. The second-order valence-electron chi connectivity index (χ2n) is 10.2. The second-order valence-corrected chi connectivity index (χ2v) is 11.2. The smallest absolute Gasteiger partial charge is 0.162 e. The maximum atomic E-state index is 8.72. The number of amidine groups is 1. The van der Waals surface area contributed by atoms with Crippen LogP contribution in [0.15, 0.2) is 23.9 Å². The van der Waals surface area contributed by atoms with Crippen molar-refractivity contribution in [3.63, 3.8) is 0 Å². The first kappa shape index (κ1) is 26.1. The highest BCUT2D eigenvalue weighted by atomic mass is 32.2. The molecule has 1 heterocycles. The van der Waals surface area contributed by atoms with Gasteiger partial charge in [0.15, 0.2) is 5.17 Å². The van der Waals surface area contributed by atoms with Gasteiger partial charge in [-0.25, -0.2) is 0 Å². The highest BCUT2D eigenvalue weighted by molar-refractivity contribution is 8.26. The molecule has 1 aromatic carbocycles. The Hall–Kier alpha value is -2.12. The molecular weight excluding hydrogens is 416 g/mol. The highest BCUT2D eigenvalue weighted by Crippen LogP contribution is 2.33. The molecule has 2 rings (SSSR count). The molecule has 1 fully saturated rings. The third-order valence-electron chi connectivity index (χ3n) is 6.02. The van der Waals surface area contributed by atoms with E-state index in [9.17, 15) is 0 Å². The average molecular weight is 457 g/mol. The van der Waals surface area contributed by atoms with Crippen LogP contribution in [0.5, 0.6) is 0 Å². The van der Waals surface area contributed by atoms with Crippen LogP contribution >= 0.6 is 11.8 Å². The Morgan fingerprint density at radius 1 is 1.12 bits per heavy atom. The maximum absolute atomic E-state index is 8.72. The lowest BCUT2D eigenvalue weighted by Crippen LogP contribution is -2.62. The van der Waals surface area contributed by atoms with Crippen molar-refractivity contribution in [2.45, 2.75) is 84.8 Å². The van der Waals surface area contributed by atoms with Crippen molar-refractivity contribution < 1.29 is 0 Å². The van der Waals surface area contributed by atoms with Crippen molar-refractivity contribution in [3.8, 4) is 0 Å². The van der Waals surface area contributed by atoms with Crippen LogP contribution < -0.4 is 11.1 Å². The predicted molar refractivity (Wildman–Crippen MR) is 140 cm³/mol. The summed E-state index contributed by atoms with van der Waals surface area (Å²) in [6.45, 7) is 14.5. The Labute approximate surface area is 197 Å². The van der Waals surface area contributed by atoms with Gasteiger partial charge in [-0.05, 0) is 83.7 Å². The Balaban J connectivity index is 2.22. The minimum absolute atomic E-state index is 0.00366. The summed E-state index contributed by atoms with van der Waals surface area (Å²) in [6, 6.07) is 6.13. The molecule has 0 amide bonds. The van der Waals surface area contributed by atoms with Gasteiger partial charge in [0.25, 0.3) is 0 Å². The number of rotatable bonds is 5. The quantitative estimate of drug-likeness (QED) is 0.309. The van der Waals surface area contributed by atoms with Gasteiger partial charge in [0, 0.05) is 46.7 Å². The number of benzene rings is 1. The number of hydrogen-bond acceptors (Lipinski definition) is 6. The van der Waals surface area contributed by atoms with E-state index in [1.807, 2.05) is 37.1 Å². The normalized spacial score (nSPS) is 18.6. The first-order valence-corrected chi connectivity index (χ1v) is 12.0. The fourth-order valence-electron chi connectivity index (χ4n) is 4.93. The van der Waals surface area contributed by atoms with Crippen LogP contribution in [0.3, 0.4) is 0 Å². The van der Waals surface area contributed by atoms with Gasteiger partial charge in [-0.2, -0.15) is 0 Å². The predicted octanol–water partition coefficient (Wildman–Crippen LogP) is 5.21. The van der Waals surface area contributed by atoms with Gasteiger partial charge < -0.3 is 21.4 Å². The molecule has 0 saturated carbocycles. The summed E-state index contributed by atoms with van der Waals surface area (Å²) in [4.78, 5) is 2.03. The third kappa shape index (κ3) is 6.23. The number of allylic oxidation sites excluding steroid dienone is 2. The van der Waals surface area contributed by atoms with Crippen LogP contribution in [0.1, 0.15) is 78.0 Å². The molecule has 6 nitrogen and oxygen atoms in total. The molecule has 0 spiro atoms. The van der Waals surface area contributed by atoms with Gasteiger partial charge >= 0.3 is 0 Å². The van der Waals surface area contributed by atoms with E-state index in [4.69, 9.17) is 22.0 Å². The van der Waals surface area contributed by atoms with Crippen LogP contribution in [0.4, 0.5) is 0 Å². The number of aryl methyl sites for hydroxylation is 1. The van der Waals surface area contributed by atoms with Gasteiger partial charge in [-0.3, -0.25) is 10.8 Å². The number of hydrogen-bond donors (Lipinski definition) is 5. The highest BCUT2D eigenvalue weighted by Gasteiger charge is 2.39. The molecule has 0 aliphatic carbocycles. The van der Waals surface area contributed by atoms with Crippen LogP contribution in [-0.4, -0.2) is 45.0 Å². The first-order chi connectivity index (χ1) is 14.7. The fraction of sp³-hybridized carbons (Fsp3) is 0.560. The van der Waals surface area contributed by atoms with E-state index in [1.54, 1.807) is 6.92 Å². The van der Waals surface area contributed by atoms with Gasteiger partial charge in [-0.15, -0.1) is 0 Å². The molecule has 1 aliphatic rings. The van der Waals surface area contributed by atoms with E-state index in [0.717, 1.165) is 41.5 Å². The zero-order chi connectivity index (χ0) is 24.4. The van der Waals surface area contributed by atoms with Crippen molar-refractivity contribution in [2.24, 2.45) is 5.73 Å². The number of thioether (sulfide) groups is 1. The van der Waals surface area contributed by atoms with E-state index in [2.05, 4.69) is 39.9 Å². The van der Waals surface area contributed by atoms with Crippen molar-refractivity contribution in [2.75, 3.05) is 7.05 Å². The van der Waals surface area contributed by atoms with E-state index in [1.165, 1.54) is 11.8 Å². The SMILES string of the molecule is CCc1cc(/C(C(C)=N)=C(\C)N)ccc1C(=N)SC(=N)N(C)C1CC(C)(C)NC(C)(C)C1. The van der Waals surface area contributed by atoms with Crippen LogP contribution in [0.25, 0.3) is 5.57 Å². The minimum atomic E-state index is 0.00366. The van der Waals surface area contributed by atoms with Crippen LogP contribution in [0, 0.1) is 16.2 Å². The summed E-state index contributed by atoms with van der Waals surface area (Å²) in [7, 11) is 1.97. The monoisotopic (exact) mass is 456 g/mol. The van der Waals surface area contributed by atoms with Crippen molar-refractivity contribution in [1.29, 1.82) is 16.2 Å². The number of nitrogens with two attached hydrogens (primary N) is 1. The zero-order valence-corrected chi connectivity index (χ0v) is 21.7. The summed E-state index contributed by atoms with van der Waals surface area (Å²) in [5, 5.41) is 29.9. The lowest BCUT2D eigenvalue weighted by atomic mass is 9.79. The zero-order valence-electron chi connectivity index (χ0n) is 20.9. The minimum Gasteiger partial charge on any atom is -0.402 e. The summed E-state index contributed by atoms with van der Waals surface area (Å²) in [5.41, 5.74) is 10.6. The van der Waals surface area contributed by atoms with Gasteiger partial charge in [0.2, 0.25) is 0 Å². The molecule has 0 aromatic heterocycles. The Kier molecular flexibility index (Phi) is 8.00. The Morgan fingerprint density at radius 3 is 2.16 bits per heavy atom. The summed E-state index contributed by atoms with van der Waals surface area (Å²) >= 11 is 1.20. The van der Waals surface area contributed by atoms with Crippen molar-refractivity contribution in [3.05, 3.63) is 40.6 Å². The topological polar surface area (TPSA) is 113 Å². The number of nitrogens with zero attached hydrogens (tertiary/aromatic N) is 1. The molecule has 6 N–H and O–H groups in total. The van der Waals surface area contributed by atoms with E-state index in [-0.39, 0.29) is 17.1 Å². The lowest BCUT2D eigenvalue weighted by molar-refractivity contribution is 0.114. The van der Waals surface area contributed by atoms with Crippen molar-refractivity contribution in [1.82, 2.24) is 10.2 Å². The average Bonchev–Trinajstić information content (AvgIpc) is 2.63. The molecule has 0 atom stereocenters. The van der Waals surface area contributed by atoms with E-state index >= 15 is 0 Å². The molecule has 1 aliphatic heterocycles. The molecule has 0 radical (unpaired) electrons. The van der Waals surface area contributed by atoms with Gasteiger partial charge in [0.1, 0.15) is 5.04 Å². The Bertz CT molecular complexity index is 924. The first-order valence-electron chi connectivity index (χ1n) is 11.2. The number of nitrogens with one attached hydrogen (secondary N) is 4. The summed E-state index contributed by atoms with van der Waals surface area (Å²) in [5.74, 6) is 0. The van der Waals surface area contributed by atoms with Crippen molar-refractivity contribution >= 4 is 33.3 Å². The molecule has 7 heteroatoms. The maximum Gasteiger partial charge on any atom is 0.162 e. The van der Waals surface area contributed by atoms with Crippen LogP contribution in [0.2, 0.25) is 0 Å². The Morgan fingerprint density at radius 2 is 1.69 bits per heavy atom. The molecule has 0 unspecified atom stereocenters.